The molecule has 0 saturated heterocycles. The van der Waals surface area contributed by atoms with Crippen molar-refractivity contribution in [1.29, 1.82) is 0 Å². The first kappa shape index (κ1) is 19.5. The van der Waals surface area contributed by atoms with E-state index < -0.39 is 11.9 Å². The van der Waals surface area contributed by atoms with Crippen LogP contribution in [0.2, 0.25) is 0 Å². The molecule has 0 aliphatic heterocycles. The second-order valence-electron chi connectivity index (χ2n) is 3.07. The number of hydrogen-bond donors (Lipinski definition) is 0. The summed E-state index contributed by atoms with van der Waals surface area (Å²) in [7, 11) is 2.59. The Morgan fingerprint density at radius 3 is 1.37 bits per heavy atom. The van der Waals surface area contributed by atoms with E-state index in [-0.39, 0.29) is 0 Å². The monoisotopic (exact) mass is 268 g/mol. The van der Waals surface area contributed by atoms with Crippen molar-refractivity contribution in [2.24, 2.45) is 0 Å². The Labute approximate surface area is 115 Å². The molecule has 1 aromatic rings. The van der Waals surface area contributed by atoms with Crippen LogP contribution in [0.5, 0.6) is 0 Å². The fourth-order valence-electron chi connectivity index (χ4n) is 1.25. The van der Waals surface area contributed by atoms with Gasteiger partial charge < -0.3 is 9.47 Å². The average Bonchev–Trinajstić information content (AvgIpc) is 2.48. The Bertz CT molecular complexity index is 363. The highest BCUT2D eigenvalue weighted by atomic mass is 16.5. The molecule has 1 aromatic carbocycles. The molecule has 1 rings (SSSR count). The summed E-state index contributed by atoms with van der Waals surface area (Å²) in [5, 5.41) is 0. The molecule has 0 aliphatic carbocycles. The quantitative estimate of drug-likeness (QED) is 0.769. The Kier molecular flexibility index (Phi) is 11.6. The van der Waals surface area contributed by atoms with Crippen LogP contribution in [0.3, 0.4) is 0 Å². The predicted molar refractivity (Wildman–Crippen MR) is 76.6 cm³/mol. The van der Waals surface area contributed by atoms with E-state index in [9.17, 15) is 9.59 Å². The van der Waals surface area contributed by atoms with Crippen molar-refractivity contribution in [1.82, 2.24) is 0 Å². The number of aryl methyl sites for hydroxylation is 1. The number of carbonyl (C=O) groups excluding carboxylic acids is 2. The maximum atomic E-state index is 11.3. The third-order valence-electron chi connectivity index (χ3n) is 1.92. The molecule has 0 atom stereocenters. The number of rotatable bonds is 2. The van der Waals surface area contributed by atoms with E-state index in [4.69, 9.17) is 0 Å². The van der Waals surface area contributed by atoms with Crippen LogP contribution in [-0.2, 0) is 9.47 Å². The first-order valence-corrected chi connectivity index (χ1v) is 6.37. The van der Waals surface area contributed by atoms with Crippen LogP contribution in [0, 0.1) is 6.92 Å². The first-order chi connectivity index (χ1) is 9.08. The second kappa shape index (κ2) is 11.3. The first-order valence-electron chi connectivity index (χ1n) is 6.37. The Hall–Kier alpha value is -1.84. The molecule has 0 fully saturated rings. The van der Waals surface area contributed by atoms with Crippen molar-refractivity contribution < 1.29 is 19.1 Å². The van der Waals surface area contributed by atoms with Gasteiger partial charge in [0, 0.05) is 0 Å². The third kappa shape index (κ3) is 6.60. The van der Waals surface area contributed by atoms with Gasteiger partial charge in [-0.25, -0.2) is 9.59 Å². The van der Waals surface area contributed by atoms with Crippen molar-refractivity contribution in [3.8, 4) is 0 Å². The highest BCUT2D eigenvalue weighted by Gasteiger charge is 2.11. The molecule has 0 heterocycles. The molecule has 4 heteroatoms. The molecule has 0 N–H and O–H groups in total. The smallest absolute Gasteiger partial charge is 0.337 e. The van der Waals surface area contributed by atoms with Crippen LogP contribution in [-0.4, -0.2) is 26.2 Å². The van der Waals surface area contributed by atoms with Crippen LogP contribution in [0.4, 0.5) is 0 Å². The molecule has 19 heavy (non-hydrogen) atoms. The maximum absolute atomic E-state index is 11.3. The van der Waals surface area contributed by atoms with E-state index in [1.807, 2.05) is 27.7 Å². The zero-order valence-electron chi connectivity index (χ0n) is 12.9. The van der Waals surface area contributed by atoms with Gasteiger partial charge in [0.1, 0.15) is 0 Å². The van der Waals surface area contributed by atoms with Gasteiger partial charge in [0.2, 0.25) is 0 Å². The standard InChI is InChI=1S/C11H12O4.2C2H6/c1-7-4-8(10(12)14-2)6-9(5-7)11(13)15-3;2*1-2/h4-6H,1-3H3;2*1-2H3. The summed E-state index contributed by atoms with van der Waals surface area (Å²) in [6, 6.07) is 4.75. The number of methoxy groups -OCH3 is 2. The fraction of sp³-hybridized carbons (Fsp3) is 0.467. The molecule has 0 amide bonds. The average molecular weight is 268 g/mol. The number of benzene rings is 1. The summed E-state index contributed by atoms with van der Waals surface area (Å²) in [6.07, 6.45) is 0. The lowest BCUT2D eigenvalue weighted by molar-refractivity contribution is 0.0599. The lowest BCUT2D eigenvalue weighted by Gasteiger charge is -2.04. The van der Waals surface area contributed by atoms with E-state index in [1.54, 1.807) is 19.1 Å². The summed E-state index contributed by atoms with van der Waals surface area (Å²) in [6.45, 7) is 9.79. The van der Waals surface area contributed by atoms with Gasteiger partial charge in [0.25, 0.3) is 0 Å². The molecular weight excluding hydrogens is 244 g/mol. The van der Waals surface area contributed by atoms with E-state index in [0.717, 1.165) is 5.56 Å². The zero-order chi connectivity index (χ0) is 15.4. The SMILES string of the molecule is CC.CC.COC(=O)c1cc(C)cc(C(=O)OC)c1. The van der Waals surface area contributed by atoms with Crippen LogP contribution >= 0.6 is 0 Å². The molecule has 0 spiro atoms. The minimum absolute atomic E-state index is 0.345. The largest absolute Gasteiger partial charge is 0.465 e. The van der Waals surface area contributed by atoms with Crippen LogP contribution in [0.25, 0.3) is 0 Å². The van der Waals surface area contributed by atoms with Gasteiger partial charge in [0.05, 0.1) is 25.3 Å². The van der Waals surface area contributed by atoms with Gasteiger partial charge >= 0.3 is 11.9 Å². The van der Waals surface area contributed by atoms with Crippen molar-refractivity contribution in [2.45, 2.75) is 34.6 Å². The summed E-state index contributed by atoms with van der Waals surface area (Å²) in [5.74, 6) is -0.937. The third-order valence-corrected chi connectivity index (χ3v) is 1.92. The molecular formula is C15H24O4. The van der Waals surface area contributed by atoms with Gasteiger partial charge in [-0.2, -0.15) is 0 Å². The number of ether oxygens (including phenoxy) is 2. The topological polar surface area (TPSA) is 52.6 Å². The number of hydrogen-bond acceptors (Lipinski definition) is 4. The van der Waals surface area contributed by atoms with Crippen molar-refractivity contribution >= 4 is 11.9 Å². The predicted octanol–water partition coefficient (Wildman–Crippen LogP) is 3.62. The summed E-state index contributed by atoms with van der Waals surface area (Å²) in [4.78, 5) is 22.5. The molecule has 4 nitrogen and oxygen atoms in total. The lowest BCUT2D eigenvalue weighted by atomic mass is 10.1. The van der Waals surface area contributed by atoms with Crippen LogP contribution in [0.15, 0.2) is 18.2 Å². The van der Waals surface area contributed by atoms with E-state index in [0.29, 0.717) is 11.1 Å². The minimum atomic E-state index is -0.469. The number of carbonyl (C=O) groups is 2. The molecule has 0 saturated carbocycles. The highest BCUT2D eigenvalue weighted by Crippen LogP contribution is 2.11. The van der Waals surface area contributed by atoms with E-state index in [2.05, 4.69) is 9.47 Å². The van der Waals surface area contributed by atoms with Gasteiger partial charge in [-0.3, -0.25) is 0 Å². The molecule has 0 radical (unpaired) electrons. The highest BCUT2D eigenvalue weighted by molar-refractivity contribution is 5.95. The molecule has 0 bridgehead atoms. The van der Waals surface area contributed by atoms with Gasteiger partial charge in [-0.1, -0.05) is 27.7 Å². The van der Waals surface area contributed by atoms with Gasteiger partial charge in [0.15, 0.2) is 0 Å². The number of esters is 2. The molecule has 0 aromatic heterocycles. The van der Waals surface area contributed by atoms with Crippen molar-refractivity contribution in [3.05, 3.63) is 34.9 Å². The Morgan fingerprint density at radius 2 is 1.11 bits per heavy atom. The van der Waals surface area contributed by atoms with Crippen LogP contribution in [0.1, 0.15) is 54.0 Å². The molecule has 108 valence electrons. The van der Waals surface area contributed by atoms with E-state index >= 15 is 0 Å². The van der Waals surface area contributed by atoms with Crippen molar-refractivity contribution in [3.63, 3.8) is 0 Å². The fourth-order valence-corrected chi connectivity index (χ4v) is 1.25. The normalized spacial score (nSPS) is 8.16. The maximum Gasteiger partial charge on any atom is 0.337 e. The lowest BCUT2D eigenvalue weighted by Crippen LogP contribution is -2.06. The van der Waals surface area contributed by atoms with Gasteiger partial charge in [-0.05, 0) is 30.7 Å². The Balaban J connectivity index is 0. The summed E-state index contributed by atoms with van der Waals surface area (Å²) >= 11 is 0. The molecule has 0 unspecified atom stereocenters. The summed E-state index contributed by atoms with van der Waals surface area (Å²) in [5.41, 5.74) is 1.49. The van der Waals surface area contributed by atoms with Crippen LogP contribution < -0.4 is 0 Å². The molecule has 0 aliphatic rings. The minimum Gasteiger partial charge on any atom is -0.465 e. The summed E-state index contributed by atoms with van der Waals surface area (Å²) < 4.78 is 9.14. The van der Waals surface area contributed by atoms with E-state index in [1.165, 1.54) is 20.3 Å². The second-order valence-corrected chi connectivity index (χ2v) is 3.07. The van der Waals surface area contributed by atoms with Gasteiger partial charge in [-0.15, -0.1) is 0 Å². The van der Waals surface area contributed by atoms with Crippen molar-refractivity contribution in [2.75, 3.05) is 14.2 Å². The Morgan fingerprint density at radius 1 is 0.789 bits per heavy atom. The zero-order valence-corrected chi connectivity index (χ0v) is 12.9.